The number of rotatable bonds is 6. The summed E-state index contributed by atoms with van der Waals surface area (Å²) in [5, 5.41) is 3.79. The summed E-state index contributed by atoms with van der Waals surface area (Å²) >= 11 is 0. The van der Waals surface area contributed by atoms with Gasteiger partial charge in [0.15, 0.2) is 0 Å². The Balaban J connectivity index is 1.95. The minimum atomic E-state index is -0.00535. The maximum atomic E-state index is 5.57. The van der Waals surface area contributed by atoms with Crippen molar-refractivity contribution in [1.82, 2.24) is 10.2 Å². The van der Waals surface area contributed by atoms with Gasteiger partial charge >= 0.3 is 0 Å². The van der Waals surface area contributed by atoms with Crippen LogP contribution in [0.5, 0.6) is 0 Å². The minimum absolute atomic E-state index is 0.00535. The van der Waals surface area contributed by atoms with Crippen LogP contribution in [0.1, 0.15) is 53.4 Å². The van der Waals surface area contributed by atoms with Crippen LogP contribution in [0, 0.1) is 5.92 Å². The van der Waals surface area contributed by atoms with Crippen LogP contribution in [0.2, 0.25) is 0 Å². The van der Waals surface area contributed by atoms with Crippen molar-refractivity contribution in [3.63, 3.8) is 0 Å². The molecule has 2 rings (SSSR count). The van der Waals surface area contributed by atoms with Crippen molar-refractivity contribution in [2.45, 2.75) is 70.6 Å². The fourth-order valence-electron chi connectivity index (χ4n) is 3.02. The predicted octanol–water partition coefficient (Wildman–Crippen LogP) is 2.65. The predicted molar refractivity (Wildman–Crippen MR) is 80.5 cm³/mol. The first-order chi connectivity index (χ1) is 8.90. The lowest BCUT2D eigenvalue weighted by molar-refractivity contribution is -0.0166. The lowest BCUT2D eigenvalue weighted by Crippen LogP contribution is -2.64. The minimum Gasteiger partial charge on any atom is -0.379 e. The summed E-state index contributed by atoms with van der Waals surface area (Å²) in [5.41, 5.74) is 0.309. The number of ether oxygens (including phenoxy) is 1. The molecule has 19 heavy (non-hydrogen) atoms. The molecule has 1 N–H and O–H groups in total. The van der Waals surface area contributed by atoms with E-state index < -0.39 is 0 Å². The molecule has 0 aromatic rings. The maximum Gasteiger partial charge on any atom is 0.0634 e. The number of nitrogens with zero attached hydrogens (tertiary/aromatic N) is 1. The lowest BCUT2D eigenvalue weighted by Gasteiger charge is -2.49. The van der Waals surface area contributed by atoms with Crippen molar-refractivity contribution in [2.75, 3.05) is 26.7 Å². The third kappa shape index (κ3) is 3.71. The lowest BCUT2D eigenvalue weighted by atomic mass is 9.90. The second-order valence-corrected chi connectivity index (χ2v) is 7.34. The van der Waals surface area contributed by atoms with Crippen molar-refractivity contribution >= 4 is 0 Å². The molecular formula is C16H32N2O. The third-order valence-electron chi connectivity index (χ3n) is 5.41. The summed E-state index contributed by atoms with van der Waals surface area (Å²) in [5.74, 6) is 0.944. The van der Waals surface area contributed by atoms with Gasteiger partial charge in [0.1, 0.15) is 0 Å². The van der Waals surface area contributed by atoms with Crippen molar-refractivity contribution in [2.24, 2.45) is 5.92 Å². The average Bonchev–Trinajstić information content (AvgIpc) is 3.22. The molecule has 2 aliphatic rings. The third-order valence-corrected chi connectivity index (χ3v) is 5.41. The fraction of sp³-hybridized carbons (Fsp3) is 1.00. The highest BCUT2D eigenvalue weighted by molar-refractivity contribution is 5.00. The van der Waals surface area contributed by atoms with E-state index in [1.807, 2.05) is 7.11 Å². The molecule has 2 atom stereocenters. The Morgan fingerprint density at radius 3 is 2.58 bits per heavy atom. The topological polar surface area (TPSA) is 24.5 Å². The Bertz CT molecular complexity index is 301. The van der Waals surface area contributed by atoms with Crippen LogP contribution in [0.3, 0.4) is 0 Å². The number of hydrogen-bond acceptors (Lipinski definition) is 3. The van der Waals surface area contributed by atoms with E-state index in [0.717, 1.165) is 31.5 Å². The van der Waals surface area contributed by atoms with Gasteiger partial charge in [-0.25, -0.2) is 0 Å². The molecule has 0 aromatic carbocycles. The first-order valence-electron chi connectivity index (χ1n) is 7.94. The summed E-state index contributed by atoms with van der Waals surface area (Å²) in [7, 11) is 1.82. The van der Waals surface area contributed by atoms with Crippen molar-refractivity contribution < 1.29 is 4.74 Å². The van der Waals surface area contributed by atoms with Gasteiger partial charge in [0, 0.05) is 38.3 Å². The largest absolute Gasteiger partial charge is 0.379 e. The van der Waals surface area contributed by atoms with Crippen molar-refractivity contribution in [1.29, 1.82) is 0 Å². The van der Waals surface area contributed by atoms with Crippen molar-refractivity contribution in [3.8, 4) is 0 Å². The van der Waals surface area contributed by atoms with Gasteiger partial charge in [0.05, 0.1) is 5.60 Å². The molecule has 1 aliphatic heterocycles. The van der Waals surface area contributed by atoms with Crippen LogP contribution < -0.4 is 5.32 Å². The number of methoxy groups -OCH3 is 1. The number of nitrogens with one attached hydrogen (secondary N) is 1. The van der Waals surface area contributed by atoms with Crippen LogP contribution in [0.4, 0.5) is 0 Å². The highest BCUT2D eigenvalue weighted by atomic mass is 16.5. The molecule has 1 heterocycles. The van der Waals surface area contributed by atoms with Crippen LogP contribution >= 0.6 is 0 Å². The van der Waals surface area contributed by atoms with Gasteiger partial charge in [-0.3, -0.25) is 4.90 Å². The quantitative estimate of drug-likeness (QED) is 0.801. The second-order valence-electron chi connectivity index (χ2n) is 7.34. The van der Waals surface area contributed by atoms with E-state index in [1.165, 1.54) is 25.8 Å². The molecule has 0 radical (unpaired) electrons. The molecular weight excluding hydrogens is 236 g/mol. The van der Waals surface area contributed by atoms with E-state index in [4.69, 9.17) is 4.74 Å². The van der Waals surface area contributed by atoms with E-state index >= 15 is 0 Å². The highest BCUT2D eigenvalue weighted by Gasteiger charge is 2.41. The van der Waals surface area contributed by atoms with E-state index in [0.29, 0.717) is 5.54 Å². The standard InChI is InChI=1S/C16H32N2O/c1-6-16(4)12-17-14(13-7-8-13)11-18(16)10-9-15(2,3)19-5/h13-14,17H,6-12H2,1-5H3. The molecule has 3 heteroatoms. The van der Waals surface area contributed by atoms with Gasteiger partial charge in [-0.05, 0) is 52.4 Å². The molecule has 2 fully saturated rings. The van der Waals surface area contributed by atoms with Gasteiger partial charge in [-0.15, -0.1) is 0 Å². The normalized spacial score (nSPS) is 33.6. The summed E-state index contributed by atoms with van der Waals surface area (Å²) in [6.45, 7) is 12.6. The Kier molecular flexibility index (Phi) is 4.59. The molecule has 112 valence electrons. The molecule has 1 aliphatic carbocycles. The number of piperazine rings is 1. The zero-order valence-corrected chi connectivity index (χ0v) is 13.5. The Hall–Kier alpha value is -0.120. The molecule has 1 saturated carbocycles. The van der Waals surface area contributed by atoms with Gasteiger partial charge in [0.25, 0.3) is 0 Å². The van der Waals surface area contributed by atoms with Crippen LogP contribution in [0.15, 0.2) is 0 Å². The van der Waals surface area contributed by atoms with Gasteiger partial charge in [-0.2, -0.15) is 0 Å². The van der Waals surface area contributed by atoms with Gasteiger partial charge in [-0.1, -0.05) is 6.92 Å². The number of hydrogen-bond donors (Lipinski definition) is 1. The van der Waals surface area contributed by atoms with E-state index in [1.54, 1.807) is 0 Å². The van der Waals surface area contributed by atoms with Crippen molar-refractivity contribution in [3.05, 3.63) is 0 Å². The van der Waals surface area contributed by atoms with Gasteiger partial charge < -0.3 is 10.1 Å². The summed E-state index contributed by atoms with van der Waals surface area (Å²) in [6, 6.07) is 0.727. The zero-order chi connectivity index (χ0) is 14.1. The Morgan fingerprint density at radius 2 is 2.05 bits per heavy atom. The Labute approximate surface area is 119 Å². The molecule has 3 nitrogen and oxygen atoms in total. The van der Waals surface area contributed by atoms with Crippen LogP contribution in [-0.4, -0.2) is 48.8 Å². The summed E-state index contributed by atoms with van der Waals surface area (Å²) in [6.07, 6.45) is 5.18. The SMILES string of the molecule is CCC1(C)CNC(C2CC2)CN1CCC(C)(C)OC. The molecule has 0 bridgehead atoms. The molecule has 0 spiro atoms. The Morgan fingerprint density at radius 1 is 1.37 bits per heavy atom. The molecule has 0 aromatic heterocycles. The maximum absolute atomic E-state index is 5.57. The first-order valence-corrected chi connectivity index (χ1v) is 7.94. The summed E-state index contributed by atoms with van der Waals surface area (Å²) < 4.78 is 5.57. The average molecular weight is 268 g/mol. The smallest absolute Gasteiger partial charge is 0.0634 e. The second kappa shape index (κ2) is 5.71. The molecule has 0 amide bonds. The molecule has 2 unspecified atom stereocenters. The monoisotopic (exact) mass is 268 g/mol. The zero-order valence-electron chi connectivity index (χ0n) is 13.5. The first kappa shape index (κ1) is 15.3. The van der Waals surface area contributed by atoms with Crippen LogP contribution in [0.25, 0.3) is 0 Å². The fourth-order valence-corrected chi connectivity index (χ4v) is 3.02. The van der Waals surface area contributed by atoms with Crippen LogP contribution in [-0.2, 0) is 4.74 Å². The van der Waals surface area contributed by atoms with E-state index in [2.05, 4.69) is 37.9 Å². The van der Waals surface area contributed by atoms with E-state index in [-0.39, 0.29) is 5.60 Å². The van der Waals surface area contributed by atoms with Gasteiger partial charge in [0.2, 0.25) is 0 Å². The summed E-state index contributed by atoms with van der Waals surface area (Å²) in [4.78, 5) is 2.72. The molecule has 1 saturated heterocycles. The van der Waals surface area contributed by atoms with E-state index in [9.17, 15) is 0 Å². The highest BCUT2D eigenvalue weighted by Crippen LogP contribution is 2.36.